The van der Waals surface area contributed by atoms with Crippen molar-refractivity contribution < 1.29 is 9.90 Å². The minimum absolute atomic E-state index is 0.516. The van der Waals surface area contributed by atoms with Crippen molar-refractivity contribution in [2.24, 2.45) is 0 Å². The van der Waals surface area contributed by atoms with Crippen LogP contribution in [0.15, 0.2) is 22.7 Å². The minimum Gasteiger partial charge on any atom is -0.480 e. The SMILES string of the molecule is CCCCC(Nc1ccc(Br)cc1Cl)C(=O)O. The van der Waals surface area contributed by atoms with Gasteiger partial charge >= 0.3 is 5.97 Å². The highest BCUT2D eigenvalue weighted by Crippen LogP contribution is 2.26. The number of anilines is 1. The number of carbonyl (C=O) groups is 1. The molecule has 5 heteroatoms. The molecule has 1 rings (SSSR count). The van der Waals surface area contributed by atoms with Gasteiger partial charge in [-0.2, -0.15) is 0 Å². The summed E-state index contributed by atoms with van der Waals surface area (Å²) in [5, 5.41) is 12.6. The van der Waals surface area contributed by atoms with Crippen molar-refractivity contribution in [3.8, 4) is 0 Å². The maximum atomic E-state index is 11.1. The fourth-order valence-electron chi connectivity index (χ4n) is 1.46. The molecule has 0 saturated carbocycles. The molecule has 0 heterocycles. The van der Waals surface area contributed by atoms with E-state index in [1.54, 1.807) is 12.1 Å². The Kier molecular flexibility index (Phi) is 5.78. The Morgan fingerprint density at radius 3 is 2.82 bits per heavy atom. The summed E-state index contributed by atoms with van der Waals surface area (Å²) in [6.45, 7) is 2.03. The molecule has 1 atom stereocenters. The Hall–Kier alpha value is -0.740. The average Bonchev–Trinajstić information content (AvgIpc) is 2.26. The summed E-state index contributed by atoms with van der Waals surface area (Å²) in [6, 6.07) is 4.75. The summed E-state index contributed by atoms with van der Waals surface area (Å²) in [5.41, 5.74) is 0.651. The van der Waals surface area contributed by atoms with Gasteiger partial charge in [-0.3, -0.25) is 0 Å². The number of rotatable bonds is 6. The first-order valence-electron chi connectivity index (χ1n) is 5.49. The predicted molar refractivity (Wildman–Crippen MR) is 73.7 cm³/mol. The molecule has 0 aliphatic carbocycles. The van der Waals surface area contributed by atoms with Crippen molar-refractivity contribution in [2.45, 2.75) is 32.2 Å². The number of benzene rings is 1. The summed E-state index contributed by atoms with van der Waals surface area (Å²) in [4.78, 5) is 11.1. The number of carboxylic acids is 1. The van der Waals surface area contributed by atoms with Crippen LogP contribution in [0.3, 0.4) is 0 Å². The summed E-state index contributed by atoms with van der Waals surface area (Å²) in [7, 11) is 0. The summed E-state index contributed by atoms with van der Waals surface area (Å²) in [5.74, 6) is -0.850. The quantitative estimate of drug-likeness (QED) is 0.827. The molecule has 0 bridgehead atoms. The lowest BCUT2D eigenvalue weighted by Gasteiger charge is -2.16. The molecule has 2 N–H and O–H groups in total. The van der Waals surface area contributed by atoms with E-state index in [2.05, 4.69) is 21.2 Å². The number of halogens is 2. The lowest BCUT2D eigenvalue weighted by Crippen LogP contribution is -2.29. The standard InChI is InChI=1S/C12H15BrClNO2/c1-2-3-4-11(12(16)17)15-10-6-5-8(13)7-9(10)14/h5-7,11,15H,2-4H2,1H3,(H,16,17). The second kappa shape index (κ2) is 6.87. The Bertz CT molecular complexity index is 398. The van der Waals surface area contributed by atoms with Crippen LogP contribution in [0.1, 0.15) is 26.2 Å². The number of hydrogen-bond donors (Lipinski definition) is 2. The molecule has 0 aromatic heterocycles. The van der Waals surface area contributed by atoms with Crippen LogP contribution in [-0.2, 0) is 4.79 Å². The molecule has 0 saturated heterocycles. The van der Waals surface area contributed by atoms with Gasteiger partial charge in [-0.25, -0.2) is 4.79 Å². The molecule has 0 aliphatic heterocycles. The van der Waals surface area contributed by atoms with E-state index in [0.29, 0.717) is 17.1 Å². The van der Waals surface area contributed by atoms with Gasteiger partial charge in [0.25, 0.3) is 0 Å². The molecule has 1 aromatic rings. The number of aliphatic carboxylic acids is 1. The first-order valence-corrected chi connectivity index (χ1v) is 6.66. The van der Waals surface area contributed by atoms with E-state index in [4.69, 9.17) is 16.7 Å². The zero-order chi connectivity index (χ0) is 12.8. The molecule has 1 unspecified atom stereocenters. The molecule has 0 radical (unpaired) electrons. The second-order valence-electron chi connectivity index (χ2n) is 3.80. The minimum atomic E-state index is -0.850. The van der Waals surface area contributed by atoms with E-state index in [9.17, 15) is 4.79 Å². The molecule has 94 valence electrons. The Balaban J connectivity index is 2.75. The zero-order valence-electron chi connectivity index (χ0n) is 9.54. The molecular formula is C12H15BrClNO2. The second-order valence-corrected chi connectivity index (χ2v) is 5.12. The van der Waals surface area contributed by atoms with Gasteiger partial charge in [-0.15, -0.1) is 0 Å². The van der Waals surface area contributed by atoms with E-state index >= 15 is 0 Å². The van der Waals surface area contributed by atoms with Crippen LogP contribution < -0.4 is 5.32 Å². The van der Waals surface area contributed by atoms with E-state index < -0.39 is 12.0 Å². The fraction of sp³-hybridized carbons (Fsp3) is 0.417. The molecule has 0 fully saturated rings. The van der Waals surface area contributed by atoms with Gasteiger partial charge in [0, 0.05) is 4.47 Å². The predicted octanol–water partition coefficient (Wildman–Crippen LogP) is 4.16. The monoisotopic (exact) mass is 319 g/mol. The topological polar surface area (TPSA) is 49.3 Å². The van der Waals surface area contributed by atoms with Crippen molar-refractivity contribution >= 4 is 39.2 Å². The van der Waals surface area contributed by atoms with E-state index in [1.165, 1.54) is 0 Å². The highest BCUT2D eigenvalue weighted by atomic mass is 79.9. The first kappa shape index (κ1) is 14.3. The molecule has 0 amide bonds. The van der Waals surface area contributed by atoms with Crippen LogP contribution in [0.25, 0.3) is 0 Å². The van der Waals surface area contributed by atoms with Gasteiger partial charge in [0.15, 0.2) is 0 Å². The Morgan fingerprint density at radius 2 is 2.29 bits per heavy atom. The van der Waals surface area contributed by atoms with Crippen LogP contribution in [0, 0.1) is 0 Å². The van der Waals surface area contributed by atoms with Crippen molar-refractivity contribution in [3.63, 3.8) is 0 Å². The fourth-order valence-corrected chi connectivity index (χ4v) is 2.19. The average molecular weight is 321 g/mol. The molecule has 3 nitrogen and oxygen atoms in total. The van der Waals surface area contributed by atoms with Crippen molar-refractivity contribution in [1.29, 1.82) is 0 Å². The number of unbranched alkanes of at least 4 members (excludes halogenated alkanes) is 1. The maximum Gasteiger partial charge on any atom is 0.326 e. The molecule has 1 aromatic carbocycles. The van der Waals surface area contributed by atoms with Crippen LogP contribution in [0.4, 0.5) is 5.69 Å². The van der Waals surface area contributed by atoms with Gasteiger partial charge < -0.3 is 10.4 Å². The number of nitrogens with one attached hydrogen (secondary N) is 1. The lowest BCUT2D eigenvalue weighted by atomic mass is 10.1. The van der Waals surface area contributed by atoms with Crippen molar-refractivity contribution in [3.05, 3.63) is 27.7 Å². The number of hydrogen-bond acceptors (Lipinski definition) is 2. The molecule has 0 aliphatic rings. The van der Waals surface area contributed by atoms with E-state index in [1.807, 2.05) is 13.0 Å². The largest absolute Gasteiger partial charge is 0.480 e. The van der Waals surface area contributed by atoms with Gasteiger partial charge in [0.1, 0.15) is 6.04 Å². The third-order valence-electron chi connectivity index (χ3n) is 2.41. The Labute approximate surface area is 114 Å². The number of carboxylic acid groups (broad SMARTS) is 1. The van der Waals surface area contributed by atoms with Crippen LogP contribution in [0.2, 0.25) is 5.02 Å². The molecular weight excluding hydrogens is 305 g/mol. The van der Waals surface area contributed by atoms with Crippen molar-refractivity contribution in [1.82, 2.24) is 0 Å². The molecule has 17 heavy (non-hydrogen) atoms. The van der Waals surface area contributed by atoms with Gasteiger partial charge in [0.05, 0.1) is 10.7 Å². The molecule has 0 spiro atoms. The first-order chi connectivity index (χ1) is 8.04. The highest BCUT2D eigenvalue weighted by molar-refractivity contribution is 9.10. The summed E-state index contributed by atoms with van der Waals surface area (Å²) < 4.78 is 0.869. The van der Waals surface area contributed by atoms with Crippen LogP contribution >= 0.6 is 27.5 Å². The third kappa shape index (κ3) is 4.56. The summed E-state index contributed by atoms with van der Waals surface area (Å²) in [6.07, 6.45) is 2.44. The third-order valence-corrected chi connectivity index (χ3v) is 3.21. The van der Waals surface area contributed by atoms with E-state index in [-0.39, 0.29) is 0 Å². The van der Waals surface area contributed by atoms with Crippen LogP contribution in [-0.4, -0.2) is 17.1 Å². The maximum absolute atomic E-state index is 11.1. The zero-order valence-corrected chi connectivity index (χ0v) is 11.9. The Morgan fingerprint density at radius 1 is 1.59 bits per heavy atom. The lowest BCUT2D eigenvalue weighted by molar-refractivity contribution is -0.138. The smallest absolute Gasteiger partial charge is 0.326 e. The van der Waals surface area contributed by atoms with E-state index in [0.717, 1.165) is 17.3 Å². The van der Waals surface area contributed by atoms with Gasteiger partial charge in [-0.05, 0) is 24.6 Å². The summed E-state index contributed by atoms with van der Waals surface area (Å²) >= 11 is 9.33. The van der Waals surface area contributed by atoms with Crippen molar-refractivity contribution in [2.75, 3.05) is 5.32 Å². The van der Waals surface area contributed by atoms with Crippen LogP contribution in [0.5, 0.6) is 0 Å². The normalized spacial score (nSPS) is 12.2. The van der Waals surface area contributed by atoms with Gasteiger partial charge in [0.2, 0.25) is 0 Å². The van der Waals surface area contributed by atoms with Gasteiger partial charge in [-0.1, -0.05) is 47.3 Å². The highest BCUT2D eigenvalue weighted by Gasteiger charge is 2.17.